The average molecular weight is 184 g/mol. The lowest BCUT2D eigenvalue weighted by Crippen LogP contribution is -2.37. The van der Waals surface area contributed by atoms with Crippen LogP contribution in [0.4, 0.5) is 0 Å². The van der Waals surface area contributed by atoms with E-state index in [4.69, 9.17) is 5.26 Å². The van der Waals surface area contributed by atoms with E-state index in [0.717, 1.165) is 6.42 Å². The van der Waals surface area contributed by atoms with Gasteiger partial charge in [0.25, 0.3) is 0 Å². The fraction of sp³-hybridized carbons (Fsp3) is 0.889. The van der Waals surface area contributed by atoms with E-state index >= 15 is 0 Å². The zero-order valence-corrected chi connectivity index (χ0v) is 8.36. The number of nitrogens with one attached hydrogen (secondary N) is 1. The van der Waals surface area contributed by atoms with E-state index in [1.165, 1.54) is 17.9 Å². The molecule has 1 aliphatic rings. The molecule has 1 heterocycles. The largest absolute Gasteiger partial charge is 0.309 e. The summed E-state index contributed by atoms with van der Waals surface area (Å²) < 4.78 is 0. The van der Waals surface area contributed by atoms with Crippen molar-refractivity contribution in [2.75, 3.05) is 11.5 Å². The summed E-state index contributed by atoms with van der Waals surface area (Å²) in [4.78, 5) is 0. The Morgan fingerprint density at radius 2 is 2.58 bits per heavy atom. The number of hydrogen-bond donors (Lipinski definition) is 1. The molecule has 2 nitrogen and oxygen atoms in total. The summed E-state index contributed by atoms with van der Waals surface area (Å²) in [6.45, 7) is 2.14. The molecule has 0 amide bonds. The van der Waals surface area contributed by atoms with Crippen molar-refractivity contribution in [3.8, 4) is 6.07 Å². The first-order valence-electron chi connectivity index (χ1n) is 4.57. The first-order valence-corrected chi connectivity index (χ1v) is 5.73. The van der Waals surface area contributed by atoms with Crippen LogP contribution >= 0.6 is 11.8 Å². The van der Waals surface area contributed by atoms with Crippen molar-refractivity contribution < 1.29 is 0 Å². The van der Waals surface area contributed by atoms with Gasteiger partial charge in [0.05, 0.1) is 12.5 Å². The van der Waals surface area contributed by atoms with Crippen molar-refractivity contribution in [2.24, 2.45) is 0 Å². The molecule has 0 saturated carbocycles. The van der Waals surface area contributed by atoms with Crippen LogP contribution in [0.2, 0.25) is 0 Å². The molecule has 1 fully saturated rings. The third-order valence-electron chi connectivity index (χ3n) is 2.23. The van der Waals surface area contributed by atoms with E-state index in [1.54, 1.807) is 0 Å². The third kappa shape index (κ3) is 3.04. The van der Waals surface area contributed by atoms with Crippen LogP contribution in [0.3, 0.4) is 0 Å². The minimum absolute atomic E-state index is 0.415. The van der Waals surface area contributed by atoms with Gasteiger partial charge in [0.2, 0.25) is 0 Å². The molecule has 0 aliphatic carbocycles. The van der Waals surface area contributed by atoms with Gasteiger partial charge in [-0.25, -0.2) is 0 Å². The highest BCUT2D eigenvalue weighted by Gasteiger charge is 2.17. The van der Waals surface area contributed by atoms with E-state index in [2.05, 4.69) is 18.3 Å². The smallest absolute Gasteiger partial charge is 0.0638 e. The molecule has 2 unspecified atom stereocenters. The first-order chi connectivity index (χ1) is 5.86. The van der Waals surface area contributed by atoms with Crippen LogP contribution in [-0.2, 0) is 0 Å². The van der Waals surface area contributed by atoms with Crippen molar-refractivity contribution in [2.45, 2.75) is 38.3 Å². The van der Waals surface area contributed by atoms with Crippen LogP contribution in [0.15, 0.2) is 0 Å². The monoisotopic (exact) mass is 184 g/mol. The van der Waals surface area contributed by atoms with Gasteiger partial charge in [0.1, 0.15) is 0 Å². The average Bonchev–Trinajstić information content (AvgIpc) is 2.56. The van der Waals surface area contributed by atoms with Gasteiger partial charge >= 0.3 is 0 Å². The standard InChI is InChI=1S/C9H16N2S/c1-2-8(3-5-10)11-9-4-6-12-7-9/h8-9,11H,2-4,6-7H2,1H3. The number of nitriles is 1. The predicted octanol–water partition coefficient (Wildman–Crippen LogP) is 1.77. The summed E-state index contributed by atoms with van der Waals surface area (Å²) >= 11 is 2.01. The van der Waals surface area contributed by atoms with E-state index in [1.807, 2.05) is 11.8 Å². The maximum atomic E-state index is 8.55. The van der Waals surface area contributed by atoms with Gasteiger partial charge in [0, 0.05) is 17.8 Å². The lowest BCUT2D eigenvalue weighted by Gasteiger charge is -2.18. The van der Waals surface area contributed by atoms with Gasteiger partial charge in [-0.3, -0.25) is 0 Å². The van der Waals surface area contributed by atoms with Crippen LogP contribution in [-0.4, -0.2) is 23.6 Å². The Kier molecular flexibility index (Phi) is 4.49. The molecule has 1 N–H and O–H groups in total. The molecule has 0 bridgehead atoms. The van der Waals surface area contributed by atoms with Gasteiger partial charge in [-0.1, -0.05) is 6.92 Å². The zero-order valence-electron chi connectivity index (χ0n) is 7.55. The Balaban J connectivity index is 2.21. The summed E-state index contributed by atoms with van der Waals surface area (Å²) in [7, 11) is 0. The highest BCUT2D eigenvalue weighted by atomic mass is 32.2. The summed E-state index contributed by atoms with van der Waals surface area (Å²) in [6.07, 6.45) is 2.99. The molecule has 3 heteroatoms. The molecule has 0 aromatic rings. The second kappa shape index (κ2) is 5.45. The Morgan fingerprint density at radius 3 is 3.08 bits per heavy atom. The van der Waals surface area contributed by atoms with E-state index in [9.17, 15) is 0 Å². The lowest BCUT2D eigenvalue weighted by atomic mass is 10.1. The molecular formula is C9H16N2S. The SMILES string of the molecule is CCC(CC#N)NC1CCSC1. The predicted molar refractivity (Wildman–Crippen MR) is 53.2 cm³/mol. The minimum atomic E-state index is 0.415. The van der Waals surface area contributed by atoms with Gasteiger partial charge in [0.15, 0.2) is 0 Å². The number of hydrogen-bond acceptors (Lipinski definition) is 3. The summed E-state index contributed by atoms with van der Waals surface area (Å²) in [6, 6.07) is 3.30. The number of thioether (sulfide) groups is 1. The van der Waals surface area contributed by atoms with E-state index < -0.39 is 0 Å². The molecule has 0 radical (unpaired) electrons. The molecule has 1 aliphatic heterocycles. The molecule has 68 valence electrons. The van der Waals surface area contributed by atoms with Crippen molar-refractivity contribution in [3.05, 3.63) is 0 Å². The third-order valence-corrected chi connectivity index (χ3v) is 3.39. The summed E-state index contributed by atoms with van der Waals surface area (Å²) in [5.74, 6) is 2.50. The fourth-order valence-electron chi connectivity index (χ4n) is 1.43. The Hall–Kier alpha value is -0.200. The summed E-state index contributed by atoms with van der Waals surface area (Å²) in [5, 5.41) is 12.1. The summed E-state index contributed by atoms with van der Waals surface area (Å²) in [5.41, 5.74) is 0. The first kappa shape index (κ1) is 9.88. The molecule has 1 rings (SSSR count). The van der Waals surface area contributed by atoms with Gasteiger partial charge in [-0.05, 0) is 18.6 Å². The van der Waals surface area contributed by atoms with Crippen LogP contribution < -0.4 is 5.32 Å². The fourth-order valence-corrected chi connectivity index (χ4v) is 2.60. The van der Waals surface area contributed by atoms with Gasteiger partial charge in [-0.2, -0.15) is 17.0 Å². The lowest BCUT2D eigenvalue weighted by molar-refractivity contribution is 0.443. The van der Waals surface area contributed by atoms with E-state index in [-0.39, 0.29) is 0 Å². The Labute approximate surface area is 78.7 Å². The highest BCUT2D eigenvalue weighted by molar-refractivity contribution is 7.99. The van der Waals surface area contributed by atoms with Crippen LogP contribution in [0.25, 0.3) is 0 Å². The Bertz CT molecular complexity index is 158. The van der Waals surface area contributed by atoms with Crippen LogP contribution in [0, 0.1) is 11.3 Å². The topological polar surface area (TPSA) is 35.8 Å². The van der Waals surface area contributed by atoms with Gasteiger partial charge < -0.3 is 5.32 Å². The second-order valence-corrected chi connectivity index (χ2v) is 4.34. The van der Waals surface area contributed by atoms with Crippen molar-refractivity contribution in [1.29, 1.82) is 5.26 Å². The number of nitrogens with zero attached hydrogens (tertiary/aromatic N) is 1. The van der Waals surface area contributed by atoms with Crippen molar-refractivity contribution in [3.63, 3.8) is 0 Å². The molecule has 0 spiro atoms. The van der Waals surface area contributed by atoms with Crippen molar-refractivity contribution in [1.82, 2.24) is 5.32 Å². The molecule has 2 atom stereocenters. The maximum Gasteiger partial charge on any atom is 0.0638 e. The highest BCUT2D eigenvalue weighted by Crippen LogP contribution is 2.18. The van der Waals surface area contributed by atoms with Crippen molar-refractivity contribution >= 4 is 11.8 Å². The van der Waals surface area contributed by atoms with Crippen LogP contribution in [0.5, 0.6) is 0 Å². The number of rotatable bonds is 4. The van der Waals surface area contributed by atoms with Gasteiger partial charge in [-0.15, -0.1) is 0 Å². The Morgan fingerprint density at radius 1 is 1.75 bits per heavy atom. The molecule has 0 aromatic heterocycles. The quantitative estimate of drug-likeness (QED) is 0.723. The molecular weight excluding hydrogens is 168 g/mol. The zero-order chi connectivity index (χ0) is 8.81. The maximum absolute atomic E-state index is 8.55. The molecule has 0 aromatic carbocycles. The minimum Gasteiger partial charge on any atom is -0.309 e. The molecule has 1 saturated heterocycles. The van der Waals surface area contributed by atoms with E-state index in [0.29, 0.717) is 18.5 Å². The molecule has 12 heavy (non-hydrogen) atoms. The van der Waals surface area contributed by atoms with Crippen LogP contribution in [0.1, 0.15) is 26.2 Å². The second-order valence-electron chi connectivity index (χ2n) is 3.19. The normalized spacial score (nSPS) is 25.2.